The van der Waals surface area contributed by atoms with Gasteiger partial charge in [-0.2, -0.15) is 0 Å². The molecule has 0 aromatic carbocycles. The van der Waals surface area contributed by atoms with Crippen LogP contribution >= 0.6 is 0 Å². The average Bonchev–Trinajstić information content (AvgIpc) is 3.23. The fraction of sp³-hybridized carbons (Fsp3) is 0.867. The van der Waals surface area contributed by atoms with Crippen molar-refractivity contribution >= 4 is 11.9 Å². The van der Waals surface area contributed by atoms with Crippen molar-refractivity contribution < 1.29 is 19.4 Å². The molecule has 3 atom stereocenters. The van der Waals surface area contributed by atoms with E-state index in [1.54, 1.807) is 7.11 Å². The second-order valence-electron chi connectivity index (χ2n) is 6.72. The molecule has 114 valence electrons. The standard InChI is InChI=1S/C15H25NO4/c1-9(10-5-6-10)16(7-8-20-4)13(17)11-12(14(18)19)15(11,2)3/h9-12H,5-8H2,1-4H3,(H,18,19)/t9?,11-,12+/m1/s1. The number of carbonyl (C=O) groups is 2. The second kappa shape index (κ2) is 5.35. The largest absolute Gasteiger partial charge is 0.481 e. The number of carboxylic acids is 1. The van der Waals surface area contributed by atoms with E-state index in [2.05, 4.69) is 6.92 Å². The summed E-state index contributed by atoms with van der Waals surface area (Å²) < 4.78 is 5.09. The SMILES string of the molecule is COCCN(C(=O)[C@H]1[C@@H](C(=O)O)C1(C)C)C(C)C1CC1. The van der Waals surface area contributed by atoms with E-state index in [4.69, 9.17) is 4.74 Å². The van der Waals surface area contributed by atoms with Gasteiger partial charge in [-0.3, -0.25) is 9.59 Å². The van der Waals surface area contributed by atoms with Crippen molar-refractivity contribution in [3.05, 3.63) is 0 Å². The number of methoxy groups -OCH3 is 1. The van der Waals surface area contributed by atoms with Crippen molar-refractivity contribution in [2.24, 2.45) is 23.2 Å². The molecule has 2 saturated carbocycles. The molecule has 2 aliphatic rings. The van der Waals surface area contributed by atoms with Gasteiger partial charge in [-0.1, -0.05) is 13.8 Å². The van der Waals surface area contributed by atoms with Gasteiger partial charge in [0.25, 0.3) is 0 Å². The van der Waals surface area contributed by atoms with Crippen molar-refractivity contribution in [2.45, 2.75) is 39.7 Å². The fourth-order valence-electron chi connectivity index (χ4n) is 3.28. The van der Waals surface area contributed by atoms with Crippen LogP contribution in [0, 0.1) is 23.2 Å². The Morgan fingerprint density at radius 2 is 1.95 bits per heavy atom. The predicted molar refractivity (Wildman–Crippen MR) is 74.2 cm³/mol. The van der Waals surface area contributed by atoms with E-state index in [1.807, 2.05) is 18.7 Å². The van der Waals surface area contributed by atoms with E-state index in [1.165, 1.54) is 0 Å². The highest BCUT2D eigenvalue weighted by atomic mass is 16.5. The molecular weight excluding hydrogens is 258 g/mol. The highest BCUT2D eigenvalue weighted by Crippen LogP contribution is 2.59. The third-order valence-corrected chi connectivity index (χ3v) is 4.97. The molecule has 0 aromatic heterocycles. The van der Waals surface area contributed by atoms with E-state index in [-0.39, 0.29) is 11.9 Å². The topological polar surface area (TPSA) is 66.8 Å². The lowest BCUT2D eigenvalue weighted by molar-refractivity contribution is -0.143. The van der Waals surface area contributed by atoms with Crippen LogP contribution in [0.4, 0.5) is 0 Å². The number of hydrogen-bond acceptors (Lipinski definition) is 3. The zero-order chi connectivity index (χ0) is 15.1. The number of ether oxygens (including phenoxy) is 1. The second-order valence-corrected chi connectivity index (χ2v) is 6.72. The van der Waals surface area contributed by atoms with Crippen LogP contribution in [-0.2, 0) is 14.3 Å². The van der Waals surface area contributed by atoms with Crippen LogP contribution in [0.15, 0.2) is 0 Å². The van der Waals surface area contributed by atoms with Gasteiger partial charge in [0.1, 0.15) is 0 Å². The van der Waals surface area contributed by atoms with E-state index >= 15 is 0 Å². The fourth-order valence-corrected chi connectivity index (χ4v) is 3.28. The summed E-state index contributed by atoms with van der Waals surface area (Å²) in [5.74, 6) is -1.25. The molecule has 5 nitrogen and oxygen atoms in total. The summed E-state index contributed by atoms with van der Waals surface area (Å²) in [5.41, 5.74) is -0.433. The average molecular weight is 283 g/mol. The van der Waals surface area contributed by atoms with Crippen molar-refractivity contribution in [2.75, 3.05) is 20.3 Å². The van der Waals surface area contributed by atoms with Gasteiger partial charge < -0.3 is 14.7 Å². The molecular formula is C15H25NO4. The highest BCUT2D eigenvalue weighted by Gasteiger charge is 2.66. The Bertz CT molecular complexity index is 403. The summed E-state index contributed by atoms with van der Waals surface area (Å²) in [6, 6.07) is 0.184. The van der Waals surface area contributed by atoms with Crippen LogP contribution in [0.1, 0.15) is 33.6 Å². The molecule has 1 N–H and O–H groups in total. The minimum atomic E-state index is -0.862. The van der Waals surface area contributed by atoms with E-state index in [0.717, 1.165) is 12.8 Å². The molecule has 0 radical (unpaired) electrons. The smallest absolute Gasteiger partial charge is 0.307 e. The molecule has 0 bridgehead atoms. The molecule has 0 heterocycles. The maximum absolute atomic E-state index is 12.7. The number of aliphatic carboxylic acids is 1. The first-order chi connectivity index (χ1) is 9.32. The molecule has 0 aliphatic heterocycles. The summed E-state index contributed by atoms with van der Waals surface area (Å²) >= 11 is 0. The molecule has 1 amide bonds. The molecule has 2 rings (SSSR count). The zero-order valence-corrected chi connectivity index (χ0v) is 12.8. The maximum Gasteiger partial charge on any atom is 0.307 e. The lowest BCUT2D eigenvalue weighted by Crippen LogP contribution is -2.43. The van der Waals surface area contributed by atoms with Crippen LogP contribution in [0.3, 0.4) is 0 Å². The highest BCUT2D eigenvalue weighted by molar-refractivity contribution is 5.91. The third kappa shape index (κ3) is 2.68. The first kappa shape index (κ1) is 15.3. The third-order valence-electron chi connectivity index (χ3n) is 4.97. The summed E-state index contributed by atoms with van der Waals surface area (Å²) in [6.45, 7) is 6.84. The molecule has 20 heavy (non-hydrogen) atoms. The van der Waals surface area contributed by atoms with Crippen LogP contribution in [-0.4, -0.2) is 48.2 Å². The number of nitrogens with zero attached hydrogens (tertiary/aromatic N) is 1. The Hall–Kier alpha value is -1.10. The molecule has 0 aromatic rings. The normalized spacial score (nSPS) is 28.8. The van der Waals surface area contributed by atoms with Gasteiger partial charge in [0.2, 0.25) is 5.91 Å². The van der Waals surface area contributed by atoms with Gasteiger partial charge >= 0.3 is 5.97 Å². The lowest BCUT2D eigenvalue weighted by atomic mass is 10.1. The van der Waals surface area contributed by atoms with Gasteiger partial charge in [0.15, 0.2) is 0 Å². The van der Waals surface area contributed by atoms with Gasteiger partial charge in [0, 0.05) is 19.7 Å². The van der Waals surface area contributed by atoms with E-state index in [9.17, 15) is 14.7 Å². The lowest BCUT2D eigenvalue weighted by Gasteiger charge is -2.30. The summed E-state index contributed by atoms with van der Waals surface area (Å²) in [5, 5.41) is 9.23. The predicted octanol–water partition coefficient (Wildman–Crippen LogP) is 1.62. The number of rotatable bonds is 7. The monoisotopic (exact) mass is 283 g/mol. The van der Waals surface area contributed by atoms with Gasteiger partial charge in [-0.05, 0) is 31.1 Å². The van der Waals surface area contributed by atoms with Crippen molar-refractivity contribution in [1.82, 2.24) is 4.90 Å². The molecule has 2 fully saturated rings. The van der Waals surface area contributed by atoms with Crippen LogP contribution in [0.5, 0.6) is 0 Å². The minimum absolute atomic E-state index is 0.0150. The van der Waals surface area contributed by atoms with E-state index < -0.39 is 23.2 Å². The Labute approximate surface area is 120 Å². The molecule has 0 spiro atoms. The molecule has 5 heteroatoms. The Balaban J connectivity index is 2.08. The van der Waals surface area contributed by atoms with Crippen LogP contribution < -0.4 is 0 Å². The molecule has 2 aliphatic carbocycles. The van der Waals surface area contributed by atoms with Crippen molar-refractivity contribution in [1.29, 1.82) is 0 Å². The number of carboxylic acid groups (broad SMARTS) is 1. The van der Waals surface area contributed by atoms with Gasteiger partial charge in [-0.15, -0.1) is 0 Å². The summed E-state index contributed by atoms with van der Waals surface area (Å²) in [6.07, 6.45) is 2.32. The van der Waals surface area contributed by atoms with Crippen molar-refractivity contribution in [3.8, 4) is 0 Å². The molecule has 0 saturated heterocycles. The van der Waals surface area contributed by atoms with Gasteiger partial charge in [-0.25, -0.2) is 0 Å². The Morgan fingerprint density at radius 3 is 2.35 bits per heavy atom. The first-order valence-corrected chi connectivity index (χ1v) is 7.34. The number of hydrogen-bond donors (Lipinski definition) is 1. The number of carbonyl (C=O) groups excluding carboxylic acids is 1. The maximum atomic E-state index is 12.7. The number of amides is 1. The Kier molecular flexibility index (Phi) is 4.09. The summed E-state index contributed by atoms with van der Waals surface area (Å²) in [4.78, 5) is 25.8. The Morgan fingerprint density at radius 1 is 1.35 bits per heavy atom. The van der Waals surface area contributed by atoms with Gasteiger partial charge in [0.05, 0.1) is 18.4 Å². The first-order valence-electron chi connectivity index (χ1n) is 7.34. The quantitative estimate of drug-likeness (QED) is 0.771. The zero-order valence-electron chi connectivity index (χ0n) is 12.8. The van der Waals surface area contributed by atoms with Crippen molar-refractivity contribution in [3.63, 3.8) is 0 Å². The molecule has 1 unspecified atom stereocenters. The van der Waals surface area contributed by atoms with Crippen LogP contribution in [0.2, 0.25) is 0 Å². The van der Waals surface area contributed by atoms with E-state index in [0.29, 0.717) is 19.1 Å². The minimum Gasteiger partial charge on any atom is -0.481 e. The van der Waals surface area contributed by atoms with Crippen LogP contribution in [0.25, 0.3) is 0 Å². The summed E-state index contributed by atoms with van der Waals surface area (Å²) in [7, 11) is 1.62.